The van der Waals surface area contributed by atoms with Crippen molar-refractivity contribution in [2.75, 3.05) is 0 Å². The Balaban J connectivity index is 2.19. The number of hydrogen-bond acceptors (Lipinski definition) is 3. The Morgan fingerprint density at radius 1 is 1.54 bits per heavy atom. The number of nitrogens with zero attached hydrogens (tertiary/aromatic N) is 2. The molecule has 1 saturated carbocycles. The van der Waals surface area contributed by atoms with Crippen molar-refractivity contribution >= 4 is 23.2 Å². The maximum absolute atomic E-state index is 5.80. The van der Waals surface area contributed by atoms with Gasteiger partial charge in [-0.15, -0.1) is 0 Å². The summed E-state index contributed by atoms with van der Waals surface area (Å²) in [4.78, 5) is 4.15. The second-order valence-electron chi connectivity index (χ2n) is 3.67. The highest BCUT2D eigenvalue weighted by Gasteiger charge is 2.39. The highest BCUT2D eigenvalue weighted by Crippen LogP contribution is 2.46. The summed E-state index contributed by atoms with van der Waals surface area (Å²) in [5, 5.41) is 3.84. The Morgan fingerprint density at radius 3 is 2.54 bits per heavy atom. The lowest BCUT2D eigenvalue weighted by Gasteiger charge is -2.04. The lowest BCUT2D eigenvalue weighted by Crippen LogP contribution is -2.03. The third-order valence-electron chi connectivity index (χ3n) is 2.26. The lowest BCUT2D eigenvalue weighted by atomic mass is 10.3. The summed E-state index contributed by atoms with van der Waals surface area (Å²) >= 11 is 11.6. The smallest absolute Gasteiger partial charge is 0.262 e. The van der Waals surface area contributed by atoms with Crippen LogP contribution in [0.4, 0.5) is 0 Å². The molecule has 0 amide bonds. The Kier molecular flexibility index (Phi) is 2.04. The van der Waals surface area contributed by atoms with E-state index in [0.29, 0.717) is 11.8 Å². The van der Waals surface area contributed by atoms with Gasteiger partial charge >= 0.3 is 0 Å². The topological polar surface area (TPSA) is 38.9 Å². The van der Waals surface area contributed by atoms with Gasteiger partial charge in [-0.1, -0.05) is 35.3 Å². The molecule has 0 aliphatic heterocycles. The van der Waals surface area contributed by atoms with Crippen LogP contribution in [0.3, 0.4) is 0 Å². The molecular formula is C8H10Cl2N2O. The van der Waals surface area contributed by atoms with Crippen molar-refractivity contribution in [1.29, 1.82) is 0 Å². The van der Waals surface area contributed by atoms with Crippen LogP contribution in [0.15, 0.2) is 4.52 Å². The SMILES string of the molecule is CC1CC1c1noc(C(C)(Cl)Cl)n1. The van der Waals surface area contributed by atoms with Crippen LogP contribution in [0, 0.1) is 5.92 Å². The summed E-state index contributed by atoms with van der Waals surface area (Å²) in [6.45, 7) is 3.77. The summed E-state index contributed by atoms with van der Waals surface area (Å²) in [6, 6.07) is 0. The van der Waals surface area contributed by atoms with E-state index in [-0.39, 0.29) is 5.89 Å². The van der Waals surface area contributed by atoms with Gasteiger partial charge in [0, 0.05) is 5.92 Å². The van der Waals surface area contributed by atoms with Gasteiger partial charge in [0.15, 0.2) is 10.2 Å². The van der Waals surface area contributed by atoms with Crippen LogP contribution in [0.25, 0.3) is 0 Å². The largest absolute Gasteiger partial charge is 0.336 e. The van der Waals surface area contributed by atoms with Gasteiger partial charge in [0.1, 0.15) is 0 Å². The highest BCUT2D eigenvalue weighted by atomic mass is 35.5. The Hall–Kier alpha value is -0.280. The van der Waals surface area contributed by atoms with Crippen molar-refractivity contribution in [3.05, 3.63) is 11.7 Å². The molecule has 1 heterocycles. The van der Waals surface area contributed by atoms with E-state index in [0.717, 1.165) is 12.2 Å². The highest BCUT2D eigenvalue weighted by molar-refractivity contribution is 6.47. The number of rotatable bonds is 2. The zero-order valence-corrected chi connectivity index (χ0v) is 8.93. The van der Waals surface area contributed by atoms with Gasteiger partial charge in [-0.3, -0.25) is 0 Å². The van der Waals surface area contributed by atoms with Crippen LogP contribution in [-0.4, -0.2) is 10.1 Å². The fourth-order valence-corrected chi connectivity index (χ4v) is 1.40. The first-order valence-electron chi connectivity index (χ1n) is 4.20. The van der Waals surface area contributed by atoms with E-state index in [2.05, 4.69) is 17.1 Å². The third kappa shape index (κ3) is 1.81. The maximum atomic E-state index is 5.80. The van der Waals surface area contributed by atoms with Crippen molar-refractivity contribution in [2.24, 2.45) is 5.92 Å². The minimum atomic E-state index is -1.08. The lowest BCUT2D eigenvalue weighted by molar-refractivity contribution is 0.365. The van der Waals surface area contributed by atoms with Gasteiger partial charge in [0.05, 0.1) is 0 Å². The molecule has 1 aromatic heterocycles. The van der Waals surface area contributed by atoms with Gasteiger partial charge in [0.2, 0.25) is 0 Å². The molecule has 0 bridgehead atoms. The Labute approximate surface area is 86.4 Å². The van der Waals surface area contributed by atoms with E-state index in [1.54, 1.807) is 6.92 Å². The average Bonchev–Trinajstić information content (AvgIpc) is 2.57. The fraction of sp³-hybridized carbons (Fsp3) is 0.750. The first kappa shape index (κ1) is 9.28. The molecule has 0 saturated heterocycles. The van der Waals surface area contributed by atoms with Gasteiger partial charge in [-0.05, 0) is 19.3 Å². The van der Waals surface area contributed by atoms with Crippen LogP contribution in [0.5, 0.6) is 0 Å². The Morgan fingerprint density at radius 2 is 2.15 bits per heavy atom. The first-order chi connectivity index (χ1) is 5.98. The molecule has 2 rings (SSSR count). The van der Waals surface area contributed by atoms with E-state index in [9.17, 15) is 0 Å². The number of halogens is 2. The van der Waals surface area contributed by atoms with Crippen molar-refractivity contribution in [2.45, 2.75) is 30.5 Å². The number of hydrogen-bond donors (Lipinski definition) is 0. The summed E-state index contributed by atoms with van der Waals surface area (Å²) in [6.07, 6.45) is 1.13. The standard InChI is InChI=1S/C8H10Cl2N2O/c1-4-3-5(4)6-11-7(13-12-6)8(2,9)10/h4-5H,3H2,1-2H3. The predicted molar refractivity (Wildman–Crippen MR) is 49.9 cm³/mol. The first-order valence-corrected chi connectivity index (χ1v) is 4.96. The quantitative estimate of drug-likeness (QED) is 0.720. The van der Waals surface area contributed by atoms with E-state index in [1.165, 1.54) is 0 Å². The third-order valence-corrected chi connectivity index (χ3v) is 2.58. The molecule has 0 radical (unpaired) electrons. The van der Waals surface area contributed by atoms with E-state index in [4.69, 9.17) is 27.7 Å². The average molecular weight is 221 g/mol. The molecule has 3 nitrogen and oxygen atoms in total. The van der Waals surface area contributed by atoms with Crippen molar-refractivity contribution in [3.8, 4) is 0 Å². The summed E-state index contributed by atoms with van der Waals surface area (Å²) in [5.74, 6) is 2.11. The van der Waals surface area contributed by atoms with E-state index >= 15 is 0 Å². The molecular weight excluding hydrogens is 211 g/mol. The second-order valence-corrected chi connectivity index (χ2v) is 5.37. The van der Waals surface area contributed by atoms with Crippen molar-refractivity contribution < 1.29 is 4.52 Å². The zero-order valence-electron chi connectivity index (χ0n) is 7.42. The molecule has 1 aromatic rings. The molecule has 0 aromatic carbocycles. The molecule has 1 fully saturated rings. The molecule has 5 heteroatoms. The summed E-state index contributed by atoms with van der Waals surface area (Å²) < 4.78 is 3.87. The van der Waals surface area contributed by atoms with Gasteiger partial charge in [-0.2, -0.15) is 4.98 Å². The normalized spacial score (nSPS) is 27.7. The molecule has 1 aliphatic rings. The summed E-state index contributed by atoms with van der Waals surface area (Å²) in [5.41, 5.74) is 0. The van der Waals surface area contributed by atoms with Crippen LogP contribution >= 0.6 is 23.2 Å². The number of alkyl halides is 2. The molecule has 0 spiro atoms. The molecule has 0 N–H and O–H groups in total. The zero-order chi connectivity index (χ0) is 9.64. The van der Waals surface area contributed by atoms with Gasteiger partial charge in [-0.25, -0.2) is 0 Å². The minimum absolute atomic E-state index is 0.282. The van der Waals surface area contributed by atoms with Crippen LogP contribution in [0.2, 0.25) is 0 Å². The van der Waals surface area contributed by atoms with E-state index in [1.807, 2.05) is 0 Å². The number of aromatic nitrogens is 2. The Bertz CT molecular complexity index is 318. The van der Waals surface area contributed by atoms with Crippen molar-refractivity contribution in [3.63, 3.8) is 0 Å². The minimum Gasteiger partial charge on any atom is -0.336 e. The molecule has 72 valence electrons. The molecule has 13 heavy (non-hydrogen) atoms. The van der Waals surface area contributed by atoms with Crippen LogP contribution < -0.4 is 0 Å². The second kappa shape index (κ2) is 2.85. The molecule has 1 aliphatic carbocycles. The molecule has 2 unspecified atom stereocenters. The van der Waals surface area contributed by atoms with Crippen molar-refractivity contribution in [1.82, 2.24) is 10.1 Å². The summed E-state index contributed by atoms with van der Waals surface area (Å²) in [7, 11) is 0. The maximum Gasteiger partial charge on any atom is 0.262 e. The predicted octanol–water partition coefficient (Wildman–Crippen LogP) is 2.84. The van der Waals surface area contributed by atoms with Crippen LogP contribution in [-0.2, 0) is 4.33 Å². The monoisotopic (exact) mass is 220 g/mol. The van der Waals surface area contributed by atoms with Gasteiger partial charge in [0.25, 0.3) is 5.89 Å². The molecule has 2 atom stereocenters. The van der Waals surface area contributed by atoms with Gasteiger partial charge < -0.3 is 4.52 Å². The van der Waals surface area contributed by atoms with E-state index < -0.39 is 4.33 Å². The van der Waals surface area contributed by atoms with Crippen LogP contribution in [0.1, 0.15) is 37.9 Å². The fourth-order valence-electron chi connectivity index (χ4n) is 1.25.